The number of aromatic nitrogens is 2. The molecule has 7 nitrogen and oxygen atoms in total. The molecule has 8 heteroatoms. The summed E-state index contributed by atoms with van der Waals surface area (Å²) in [5, 5.41) is 11.4. The average Bonchev–Trinajstić information content (AvgIpc) is 3.50. The number of hydrogen-bond donors (Lipinski definition) is 2. The highest BCUT2D eigenvalue weighted by molar-refractivity contribution is 14.0. The Hall–Kier alpha value is -2.75. The molecule has 170 valence electrons. The first kappa shape index (κ1) is 23.9. The van der Waals surface area contributed by atoms with E-state index in [1.54, 1.807) is 13.3 Å². The molecule has 2 N–H and O–H groups in total. The molecule has 4 rings (SSSR count). The first-order chi connectivity index (χ1) is 15.3. The standard InChI is InChI=1S/C24H30N6O.HI/c1-3-25-24(26-17-19-9-4-5-10-21(19)30-15-8-14-27-30)28-20-13-16-29(18-20)22-11-6-7-12-23(22)31-2;/h4-12,14-15,20H,3,13,16-18H2,1-2H3,(H2,25,26,28);1H. The van der Waals surface area contributed by atoms with Gasteiger partial charge in [0.25, 0.3) is 0 Å². The SMILES string of the molecule is CCNC(=NCc1ccccc1-n1cccn1)NC1CCN(c2ccccc2OC)C1.I. The Bertz CT molecular complexity index is 1010. The summed E-state index contributed by atoms with van der Waals surface area (Å²) in [6.45, 7) is 5.38. The lowest BCUT2D eigenvalue weighted by Gasteiger charge is -2.22. The van der Waals surface area contributed by atoms with Gasteiger partial charge in [-0.15, -0.1) is 24.0 Å². The fraction of sp³-hybridized carbons (Fsp3) is 0.333. The highest BCUT2D eigenvalue weighted by Crippen LogP contribution is 2.30. The van der Waals surface area contributed by atoms with E-state index < -0.39 is 0 Å². The van der Waals surface area contributed by atoms with Crippen LogP contribution in [0.15, 0.2) is 72.0 Å². The third-order valence-electron chi connectivity index (χ3n) is 5.45. The van der Waals surface area contributed by atoms with Gasteiger partial charge in [-0.2, -0.15) is 5.10 Å². The molecule has 1 fully saturated rings. The molecule has 32 heavy (non-hydrogen) atoms. The lowest BCUT2D eigenvalue weighted by atomic mass is 10.2. The highest BCUT2D eigenvalue weighted by Gasteiger charge is 2.25. The molecule has 2 aromatic carbocycles. The first-order valence-electron chi connectivity index (χ1n) is 10.8. The van der Waals surface area contributed by atoms with E-state index >= 15 is 0 Å². The highest BCUT2D eigenvalue weighted by atomic mass is 127. The zero-order valence-corrected chi connectivity index (χ0v) is 20.9. The predicted octanol–water partition coefficient (Wildman–Crippen LogP) is 3.83. The van der Waals surface area contributed by atoms with Crippen LogP contribution in [0.2, 0.25) is 0 Å². The molecule has 1 aliphatic rings. The molecule has 2 heterocycles. The van der Waals surface area contributed by atoms with Gasteiger partial charge in [0.1, 0.15) is 5.75 Å². The van der Waals surface area contributed by atoms with Crippen molar-refractivity contribution in [2.24, 2.45) is 4.99 Å². The van der Waals surface area contributed by atoms with Gasteiger partial charge >= 0.3 is 0 Å². The van der Waals surface area contributed by atoms with E-state index in [0.29, 0.717) is 12.6 Å². The van der Waals surface area contributed by atoms with Gasteiger partial charge in [-0.1, -0.05) is 30.3 Å². The molecule has 0 bridgehead atoms. The third-order valence-corrected chi connectivity index (χ3v) is 5.45. The van der Waals surface area contributed by atoms with E-state index in [1.165, 1.54) is 0 Å². The van der Waals surface area contributed by atoms with E-state index in [4.69, 9.17) is 9.73 Å². The van der Waals surface area contributed by atoms with Gasteiger partial charge in [0.2, 0.25) is 0 Å². The minimum absolute atomic E-state index is 0. The molecule has 1 aromatic heterocycles. The molecule has 0 spiro atoms. The number of nitrogens with zero attached hydrogens (tertiary/aromatic N) is 4. The van der Waals surface area contributed by atoms with Gasteiger partial charge in [0, 0.05) is 38.1 Å². The largest absolute Gasteiger partial charge is 0.495 e. The summed E-state index contributed by atoms with van der Waals surface area (Å²) in [6, 6.07) is 18.7. The van der Waals surface area contributed by atoms with Crippen molar-refractivity contribution in [1.29, 1.82) is 0 Å². The van der Waals surface area contributed by atoms with Crippen molar-refractivity contribution in [3.63, 3.8) is 0 Å². The van der Waals surface area contributed by atoms with Gasteiger partial charge in [0.15, 0.2) is 5.96 Å². The molecule has 1 atom stereocenters. The van der Waals surface area contributed by atoms with Crippen molar-refractivity contribution in [1.82, 2.24) is 20.4 Å². The van der Waals surface area contributed by atoms with Crippen molar-refractivity contribution >= 4 is 35.6 Å². The zero-order chi connectivity index (χ0) is 21.5. The van der Waals surface area contributed by atoms with E-state index in [9.17, 15) is 0 Å². The van der Waals surface area contributed by atoms with Crippen molar-refractivity contribution in [2.75, 3.05) is 31.6 Å². The number of nitrogens with one attached hydrogen (secondary N) is 2. The number of para-hydroxylation sites is 3. The minimum Gasteiger partial charge on any atom is -0.495 e. The van der Waals surface area contributed by atoms with Crippen LogP contribution >= 0.6 is 24.0 Å². The van der Waals surface area contributed by atoms with Crippen LogP contribution in [0.25, 0.3) is 5.69 Å². The lowest BCUT2D eigenvalue weighted by Crippen LogP contribution is -2.44. The van der Waals surface area contributed by atoms with Crippen LogP contribution in [0.5, 0.6) is 5.75 Å². The maximum Gasteiger partial charge on any atom is 0.191 e. The summed E-state index contributed by atoms with van der Waals surface area (Å²) < 4.78 is 7.42. The van der Waals surface area contributed by atoms with Gasteiger partial charge in [0.05, 0.1) is 25.0 Å². The Morgan fingerprint density at radius 2 is 1.91 bits per heavy atom. The van der Waals surface area contributed by atoms with Crippen LogP contribution in [0.4, 0.5) is 5.69 Å². The van der Waals surface area contributed by atoms with Crippen LogP contribution in [0.3, 0.4) is 0 Å². The molecule has 3 aromatic rings. The normalized spacial score (nSPS) is 15.9. The fourth-order valence-electron chi connectivity index (χ4n) is 3.94. The number of methoxy groups -OCH3 is 1. The van der Waals surface area contributed by atoms with E-state index in [1.807, 2.05) is 41.2 Å². The number of rotatable bonds is 7. The monoisotopic (exact) mass is 546 g/mol. The number of ether oxygens (including phenoxy) is 1. The number of hydrogen-bond acceptors (Lipinski definition) is 4. The van der Waals surface area contributed by atoms with Crippen molar-refractivity contribution < 1.29 is 4.74 Å². The molecule has 1 saturated heterocycles. The zero-order valence-electron chi connectivity index (χ0n) is 18.6. The van der Waals surface area contributed by atoms with Gasteiger partial charge < -0.3 is 20.3 Å². The number of guanidine groups is 1. The Labute approximate surface area is 206 Å². The minimum atomic E-state index is 0. The molecule has 0 radical (unpaired) electrons. The van der Waals surface area contributed by atoms with E-state index in [2.05, 4.69) is 51.8 Å². The summed E-state index contributed by atoms with van der Waals surface area (Å²) in [7, 11) is 1.72. The Morgan fingerprint density at radius 3 is 2.66 bits per heavy atom. The van der Waals surface area contributed by atoms with Gasteiger partial charge in [-0.3, -0.25) is 0 Å². The lowest BCUT2D eigenvalue weighted by molar-refractivity contribution is 0.415. The van der Waals surface area contributed by atoms with E-state index in [-0.39, 0.29) is 24.0 Å². The Morgan fingerprint density at radius 1 is 1.12 bits per heavy atom. The summed E-state index contributed by atoms with van der Waals surface area (Å²) in [5.74, 6) is 1.75. The number of benzene rings is 2. The summed E-state index contributed by atoms with van der Waals surface area (Å²) in [5.41, 5.74) is 3.32. The van der Waals surface area contributed by atoms with Crippen LogP contribution in [-0.2, 0) is 6.54 Å². The van der Waals surface area contributed by atoms with Crippen molar-refractivity contribution in [3.8, 4) is 11.4 Å². The molecule has 1 unspecified atom stereocenters. The number of aliphatic imine (C=N–C) groups is 1. The smallest absolute Gasteiger partial charge is 0.191 e. The fourth-order valence-corrected chi connectivity index (χ4v) is 3.94. The molecule has 1 aliphatic heterocycles. The van der Waals surface area contributed by atoms with Gasteiger partial charge in [-0.25, -0.2) is 9.67 Å². The Balaban J connectivity index is 0.00000289. The summed E-state index contributed by atoms with van der Waals surface area (Å²) >= 11 is 0. The number of halogens is 1. The second-order valence-corrected chi connectivity index (χ2v) is 7.52. The molecular weight excluding hydrogens is 515 g/mol. The predicted molar refractivity (Wildman–Crippen MR) is 141 cm³/mol. The average molecular weight is 546 g/mol. The second kappa shape index (κ2) is 11.8. The van der Waals surface area contributed by atoms with Crippen molar-refractivity contribution in [3.05, 3.63) is 72.6 Å². The quantitative estimate of drug-likeness (QED) is 0.268. The molecule has 0 amide bonds. The van der Waals surface area contributed by atoms with Crippen LogP contribution in [0.1, 0.15) is 18.9 Å². The maximum atomic E-state index is 5.54. The van der Waals surface area contributed by atoms with Gasteiger partial charge in [-0.05, 0) is 43.2 Å². The van der Waals surface area contributed by atoms with Crippen molar-refractivity contribution in [2.45, 2.75) is 25.9 Å². The van der Waals surface area contributed by atoms with Crippen LogP contribution < -0.4 is 20.3 Å². The third kappa shape index (κ3) is 5.73. The molecule has 0 saturated carbocycles. The molecule has 0 aliphatic carbocycles. The molecular formula is C24H31IN6O. The Kier molecular flexibility index (Phi) is 8.78. The number of anilines is 1. The summed E-state index contributed by atoms with van der Waals surface area (Å²) in [4.78, 5) is 7.23. The topological polar surface area (TPSA) is 66.7 Å². The second-order valence-electron chi connectivity index (χ2n) is 7.52. The summed E-state index contributed by atoms with van der Waals surface area (Å²) in [6.07, 6.45) is 4.79. The maximum absolute atomic E-state index is 5.54. The van der Waals surface area contributed by atoms with Crippen LogP contribution in [0, 0.1) is 0 Å². The van der Waals surface area contributed by atoms with Crippen LogP contribution in [-0.4, -0.2) is 48.5 Å². The first-order valence-corrected chi connectivity index (χ1v) is 10.8. The van der Waals surface area contributed by atoms with E-state index in [0.717, 1.165) is 54.7 Å².